The molecule has 0 fully saturated rings. The first-order chi connectivity index (χ1) is 10.2. The summed E-state index contributed by atoms with van der Waals surface area (Å²) in [6.45, 7) is 17.8. The minimum Gasteiger partial charge on any atom is -1.00 e. The van der Waals surface area contributed by atoms with Gasteiger partial charge in [0.1, 0.15) is 0 Å². The molecule has 0 nitrogen and oxygen atoms in total. The Kier molecular flexibility index (Phi) is 17.4. The molecule has 0 atom stereocenters. The number of allylic oxidation sites excluding steroid dienone is 8. The van der Waals surface area contributed by atoms with Crippen molar-refractivity contribution in [1.29, 1.82) is 0 Å². The zero-order chi connectivity index (χ0) is 16.9. The van der Waals surface area contributed by atoms with Gasteiger partial charge in [-0.1, -0.05) is 80.1 Å². The van der Waals surface area contributed by atoms with Crippen molar-refractivity contribution >= 4 is 0 Å². The second kappa shape index (κ2) is 14.5. The van der Waals surface area contributed by atoms with Crippen molar-refractivity contribution in [3.8, 4) is 0 Å². The van der Waals surface area contributed by atoms with E-state index >= 15 is 0 Å². The van der Waals surface area contributed by atoms with Gasteiger partial charge in [0, 0.05) is 0 Å². The van der Waals surface area contributed by atoms with Crippen LogP contribution in [0.5, 0.6) is 0 Å². The van der Waals surface area contributed by atoms with Crippen LogP contribution in [0.15, 0.2) is 34.4 Å². The van der Waals surface area contributed by atoms with Gasteiger partial charge < -0.3 is 24.8 Å². The Morgan fingerprint density at radius 1 is 0.600 bits per heavy atom. The molecule has 3 heteroatoms. The van der Waals surface area contributed by atoms with Crippen LogP contribution >= 0.6 is 0 Å². The maximum Gasteiger partial charge on any atom is 4.00 e. The summed E-state index contributed by atoms with van der Waals surface area (Å²) in [5.74, 6) is 2.63. The molecule has 0 spiro atoms. The van der Waals surface area contributed by atoms with Crippen LogP contribution < -0.4 is 24.8 Å². The van der Waals surface area contributed by atoms with E-state index < -0.39 is 0 Å². The van der Waals surface area contributed by atoms with Gasteiger partial charge in [-0.3, -0.25) is 0 Å². The fourth-order valence-corrected chi connectivity index (χ4v) is 2.53. The number of halogens is 2. The van der Waals surface area contributed by atoms with E-state index in [1.165, 1.54) is 22.3 Å². The molecule has 0 saturated carbocycles. The predicted octanol–water partition coefficient (Wildman–Crippen LogP) is 0.722. The molecule has 0 bridgehead atoms. The maximum atomic E-state index is 3.47. The molecule has 2 rings (SSSR count). The fraction of sp³-hybridized carbons (Fsp3) is 0.636. The predicted molar refractivity (Wildman–Crippen MR) is 98.3 cm³/mol. The zero-order valence-corrected chi connectivity index (χ0v) is 22.2. The molecule has 0 aliphatic heterocycles. The van der Waals surface area contributed by atoms with E-state index in [9.17, 15) is 0 Å². The third-order valence-corrected chi connectivity index (χ3v) is 4.33. The second-order valence-corrected chi connectivity index (χ2v) is 7.65. The van der Waals surface area contributed by atoms with Gasteiger partial charge in [-0.05, 0) is 11.8 Å². The van der Waals surface area contributed by atoms with E-state index in [0.717, 1.165) is 12.8 Å². The summed E-state index contributed by atoms with van der Waals surface area (Å²) in [6.07, 6.45) is 13.8. The molecule has 2 aliphatic carbocycles. The Morgan fingerprint density at radius 2 is 0.880 bits per heavy atom. The van der Waals surface area contributed by atoms with E-state index in [2.05, 4.69) is 79.7 Å². The second-order valence-electron chi connectivity index (χ2n) is 7.65. The molecule has 2 aliphatic rings. The number of hydrogen-bond acceptors (Lipinski definition) is 0. The van der Waals surface area contributed by atoms with E-state index in [1.807, 2.05) is 0 Å². The Labute approximate surface area is 188 Å². The summed E-state index contributed by atoms with van der Waals surface area (Å²) in [7, 11) is 0. The van der Waals surface area contributed by atoms with Gasteiger partial charge in [0.15, 0.2) is 0 Å². The van der Waals surface area contributed by atoms with Crippen molar-refractivity contribution in [3.05, 3.63) is 46.6 Å². The van der Waals surface area contributed by atoms with Crippen LogP contribution in [-0.4, -0.2) is 0 Å². The summed E-state index contributed by atoms with van der Waals surface area (Å²) in [5.41, 5.74) is 5.73. The van der Waals surface area contributed by atoms with Crippen LogP contribution in [0.2, 0.25) is 0 Å². The van der Waals surface area contributed by atoms with E-state index in [-0.39, 0.29) is 50.7 Å². The summed E-state index contributed by atoms with van der Waals surface area (Å²) < 4.78 is 0. The SMILES string of the molecule is CC(C)C1=[C-]C(C(C)C)=CC1.CC(C)C1=[C-]C(C(C)C)=CC1.[Cl-].[Cl-].[Hf+4]. The molecule has 0 aromatic heterocycles. The molecule has 0 aromatic rings. The largest absolute Gasteiger partial charge is 4.00 e. The average Bonchev–Trinajstić information content (AvgIpc) is 3.09. The molecule has 0 aromatic carbocycles. The van der Waals surface area contributed by atoms with Gasteiger partial charge in [0.05, 0.1) is 0 Å². The van der Waals surface area contributed by atoms with Crippen molar-refractivity contribution in [2.75, 3.05) is 0 Å². The Morgan fingerprint density at radius 3 is 1.00 bits per heavy atom. The first-order valence-corrected chi connectivity index (χ1v) is 8.87. The zero-order valence-electron chi connectivity index (χ0n) is 17.1. The van der Waals surface area contributed by atoms with Gasteiger partial charge >= 0.3 is 25.8 Å². The van der Waals surface area contributed by atoms with E-state index in [4.69, 9.17) is 0 Å². The molecule has 0 amide bonds. The molecule has 25 heavy (non-hydrogen) atoms. The van der Waals surface area contributed by atoms with Gasteiger partial charge in [0.2, 0.25) is 0 Å². The van der Waals surface area contributed by atoms with Crippen molar-refractivity contribution in [2.45, 2.75) is 68.2 Å². The normalized spacial score (nSPS) is 15.5. The maximum absolute atomic E-state index is 3.47. The minimum atomic E-state index is 0. The molecule has 0 saturated heterocycles. The Balaban J connectivity index is -0.000000346. The molecule has 0 N–H and O–H groups in total. The third-order valence-electron chi connectivity index (χ3n) is 4.33. The first kappa shape index (κ1) is 30.1. The van der Waals surface area contributed by atoms with Crippen LogP contribution in [0.1, 0.15) is 68.2 Å². The summed E-state index contributed by atoms with van der Waals surface area (Å²) in [5, 5.41) is 0. The van der Waals surface area contributed by atoms with Crippen LogP contribution in [-0.2, 0) is 25.8 Å². The fourth-order valence-electron chi connectivity index (χ4n) is 2.53. The van der Waals surface area contributed by atoms with Gasteiger partial charge in [-0.15, -0.1) is 0 Å². The van der Waals surface area contributed by atoms with Crippen molar-refractivity contribution in [2.24, 2.45) is 23.7 Å². The quantitative estimate of drug-likeness (QED) is 0.360. The standard InChI is InChI=1S/2C11H17.2ClH.Hf/c2*1-8(2)10-5-6-11(7-10)9(3)4;;;/h2*5,8-9H,6H2,1-4H3;2*1H;/q2*-1;;;+4/p-2. The number of rotatable bonds is 4. The van der Waals surface area contributed by atoms with Crippen LogP contribution in [0, 0.1) is 35.8 Å². The van der Waals surface area contributed by atoms with Crippen molar-refractivity contribution < 1.29 is 50.7 Å². The summed E-state index contributed by atoms with van der Waals surface area (Å²) in [4.78, 5) is 0. The van der Waals surface area contributed by atoms with Gasteiger partial charge in [-0.25, -0.2) is 35.5 Å². The number of hydrogen-bond donors (Lipinski definition) is 0. The first-order valence-electron chi connectivity index (χ1n) is 8.87. The molecule has 0 unspecified atom stereocenters. The molecule has 140 valence electrons. The Bertz CT molecular complexity index is 446. The summed E-state index contributed by atoms with van der Waals surface area (Å²) in [6, 6.07) is 0. The van der Waals surface area contributed by atoms with Crippen LogP contribution in [0.25, 0.3) is 0 Å². The molecular formula is C22H34Cl2Hf. The van der Waals surface area contributed by atoms with Crippen LogP contribution in [0.3, 0.4) is 0 Å². The van der Waals surface area contributed by atoms with E-state index in [1.54, 1.807) is 0 Å². The molecule has 0 heterocycles. The van der Waals surface area contributed by atoms with Gasteiger partial charge in [0.25, 0.3) is 0 Å². The van der Waals surface area contributed by atoms with Crippen LogP contribution in [0.4, 0.5) is 0 Å². The third kappa shape index (κ3) is 10.4. The average molecular weight is 548 g/mol. The van der Waals surface area contributed by atoms with Crippen molar-refractivity contribution in [1.82, 2.24) is 0 Å². The van der Waals surface area contributed by atoms with Gasteiger partial charge in [-0.2, -0.15) is 11.1 Å². The monoisotopic (exact) mass is 548 g/mol. The molecular weight excluding hydrogens is 514 g/mol. The smallest absolute Gasteiger partial charge is 1.00 e. The Hall–Kier alpha value is 0.410. The molecule has 0 radical (unpaired) electrons. The minimum absolute atomic E-state index is 0. The summed E-state index contributed by atoms with van der Waals surface area (Å²) >= 11 is 0. The van der Waals surface area contributed by atoms with E-state index in [0.29, 0.717) is 23.7 Å². The topological polar surface area (TPSA) is 0 Å². The van der Waals surface area contributed by atoms with Crippen molar-refractivity contribution in [3.63, 3.8) is 0 Å².